The zero-order valence-electron chi connectivity index (χ0n) is 14.3. The van der Waals surface area contributed by atoms with Crippen molar-refractivity contribution < 1.29 is 27.9 Å². The van der Waals surface area contributed by atoms with Crippen LogP contribution in [0.25, 0.3) is 0 Å². The molecular formula is C18H17ClF2N2O4. The topological polar surface area (TPSA) is 69.2 Å². The van der Waals surface area contributed by atoms with Gasteiger partial charge in [-0.1, -0.05) is 35.0 Å². The van der Waals surface area contributed by atoms with Crippen LogP contribution in [0.15, 0.2) is 47.6 Å². The molecule has 0 aliphatic heterocycles. The number of oxime groups is 1. The first-order chi connectivity index (χ1) is 13.0. The van der Waals surface area contributed by atoms with E-state index in [1.54, 1.807) is 18.2 Å². The van der Waals surface area contributed by atoms with Gasteiger partial charge in [-0.3, -0.25) is 4.79 Å². The molecule has 1 amide bonds. The van der Waals surface area contributed by atoms with E-state index in [4.69, 9.17) is 21.2 Å². The summed E-state index contributed by atoms with van der Waals surface area (Å²) in [6, 6.07) is 11.4. The Morgan fingerprint density at radius 3 is 2.74 bits per heavy atom. The molecule has 27 heavy (non-hydrogen) atoms. The normalized spacial score (nSPS) is 10.9. The molecule has 0 radical (unpaired) electrons. The van der Waals surface area contributed by atoms with Gasteiger partial charge in [-0.15, -0.1) is 0 Å². The van der Waals surface area contributed by atoms with Gasteiger partial charge >= 0.3 is 6.61 Å². The molecule has 144 valence electrons. The van der Waals surface area contributed by atoms with Crippen molar-refractivity contribution in [1.29, 1.82) is 0 Å². The molecule has 0 atom stereocenters. The highest BCUT2D eigenvalue weighted by atomic mass is 35.5. The van der Waals surface area contributed by atoms with E-state index in [-0.39, 0.29) is 30.6 Å². The van der Waals surface area contributed by atoms with Crippen molar-refractivity contribution in [2.45, 2.75) is 13.2 Å². The van der Waals surface area contributed by atoms with E-state index in [9.17, 15) is 13.6 Å². The number of carbonyl (C=O) groups is 1. The molecule has 0 saturated heterocycles. The Morgan fingerprint density at radius 2 is 2.04 bits per heavy atom. The van der Waals surface area contributed by atoms with E-state index in [1.807, 2.05) is 6.07 Å². The first-order valence-electron chi connectivity index (χ1n) is 7.78. The predicted molar refractivity (Wildman–Crippen MR) is 96.5 cm³/mol. The standard InChI is InChI=1S/C18H17ClF2N2O4/c1-25-16-8-12(6-7-15(16)27-18(20)21)9-23-26-11-17(24)22-10-13-4-2-3-5-14(13)19/h2-9,18H,10-11H2,1H3,(H,22,24)/b23-9+. The van der Waals surface area contributed by atoms with Crippen molar-refractivity contribution in [3.05, 3.63) is 58.6 Å². The van der Waals surface area contributed by atoms with Crippen LogP contribution in [0.4, 0.5) is 8.78 Å². The minimum absolute atomic E-state index is 0.0930. The zero-order chi connectivity index (χ0) is 19.6. The number of halogens is 3. The van der Waals surface area contributed by atoms with Gasteiger partial charge in [0.1, 0.15) is 0 Å². The number of alkyl halides is 2. The Kier molecular flexibility index (Phi) is 7.81. The number of methoxy groups -OCH3 is 1. The van der Waals surface area contributed by atoms with E-state index >= 15 is 0 Å². The second-order valence-corrected chi connectivity index (χ2v) is 5.57. The van der Waals surface area contributed by atoms with E-state index in [2.05, 4.69) is 15.2 Å². The number of amides is 1. The van der Waals surface area contributed by atoms with Gasteiger partial charge in [-0.2, -0.15) is 8.78 Å². The van der Waals surface area contributed by atoms with Crippen LogP contribution in [0.2, 0.25) is 5.02 Å². The maximum atomic E-state index is 12.3. The lowest BCUT2D eigenvalue weighted by molar-refractivity contribution is -0.125. The van der Waals surface area contributed by atoms with Crippen molar-refractivity contribution in [2.75, 3.05) is 13.7 Å². The molecule has 0 spiro atoms. The summed E-state index contributed by atoms with van der Waals surface area (Å²) >= 11 is 6.00. The molecule has 0 aliphatic carbocycles. The van der Waals surface area contributed by atoms with Crippen LogP contribution in [-0.2, 0) is 16.2 Å². The van der Waals surface area contributed by atoms with Crippen molar-refractivity contribution >= 4 is 23.7 Å². The predicted octanol–water partition coefficient (Wildman–Crippen LogP) is 3.62. The van der Waals surface area contributed by atoms with E-state index in [0.29, 0.717) is 10.6 Å². The second kappa shape index (κ2) is 10.3. The minimum Gasteiger partial charge on any atom is -0.493 e. The SMILES string of the molecule is COc1cc(/C=N/OCC(=O)NCc2ccccc2Cl)ccc1OC(F)F. The van der Waals surface area contributed by atoms with Gasteiger partial charge in [-0.25, -0.2) is 0 Å². The van der Waals surface area contributed by atoms with Crippen molar-refractivity contribution in [3.63, 3.8) is 0 Å². The molecule has 0 fully saturated rings. The van der Waals surface area contributed by atoms with Crippen LogP contribution >= 0.6 is 11.6 Å². The molecule has 9 heteroatoms. The summed E-state index contributed by atoms with van der Waals surface area (Å²) in [7, 11) is 1.33. The highest BCUT2D eigenvalue weighted by Crippen LogP contribution is 2.28. The quantitative estimate of drug-likeness (QED) is 0.517. The first-order valence-corrected chi connectivity index (χ1v) is 8.15. The lowest BCUT2D eigenvalue weighted by Gasteiger charge is -2.09. The molecule has 0 aliphatic rings. The van der Waals surface area contributed by atoms with Gasteiger partial charge in [0.15, 0.2) is 18.1 Å². The summed E-state index contributed by atoms with van der Waals surface area (Å²) in [5, 5.41) is 6.88. The van der Waals surface area contributed by atoms with Gasteiger partial charge in [0.2, 0.25) is 0 Å². The average molecular weight is 399 g/mol. The van der Waals surface area contributed by atoms with Crippen LogP contribution in [0.3, 0.4) is 0 Å². The maximum absolute atomic E-state index is 12.3. The fraction of sp³-hybridized carbons (Fsp3) is 0.222. The molecule has 0 bridgehead atoms. The lowest BCUT2D eigenvalue weighted by Crippen LogP contribution is -2.26. The van der Waals surface area contributed by atoms with E-state index in [0.717, 1.165) is 5.56 Å². The van der Waals surface area contributed by atoms with Crippen LogP contribution < -0.4 is 14.8 Å². The van der Waals surface area contributed by atoms with Crippen molar-refractivity contribution in [2.24, 2.45) is 5.16 Å². The highest BCUT2D eigenvalue weighted by molar-refractivity contribution is 6.31. The molecular weight excluding hydrogens is 382 g/mol. The summed E-state index contributed by atoms with van der Waals surface area (Å²) in [4.78, 5) is 16.6. The van der Waals surface area contributed by atoms with E-state index in [1.165, 1.54) is 31.5 Å². The summed E-state index contributed by atoms with van der Waals surface area (Å²) in [6.45, 7) is -2.97. The van der Waals surface area contributed by atoms with Gasteiger partial charge < -0.3 is 19.6 Å². The Bertz CT molecular complexity index is 803. The highest BCUT2D eigenvalue weighted by Gasteiger charge is 2.10. The number of hydrogen-bond donors (Lipinski definition) is 1. The monoisotopic (exact) mass is 398 g/mol. The number of ether oxygens (including phenoxy) is 2. The third kappa shape index (κ3) is 6.74. The fourth-order valence-corrected chi connectivity index (χ4v) is 2.24. The van der Waals surface area contributed by atoms with Crippen molar-refractivity contribution in [3.8, 4) is 11.5 Å². The summed E-state index contributed by atoms with van der Waals surface area (Å²) in [5.41, 5.74) is 1.30. The third-order valence-electron chi connectivity index (χ3n) is 3.31. The summed E-state index contributed by atoms with van der Waals surface area (Å²) in [5.74, 6) is -0.341. The number of nitrogens with zero attached hydrogens (tertiary/aromatic N) is 1. The Labute approximate surface area is 159 Å². The Hall–Kier alpha value is -2.87. The zero-order valence-corrected chi connectivity index (χ0v) is 15.1. The number of benzene rings is 2. The van der Waals surface area contributed by atoms with Crippen molar-refractivity contribution in [1.82, 2.24) is 5.32 Å². The Morgan fingerprint density at radius 1 is 1.26 bits per heavy atom. The molecule has 1 N–H and O–H groups in total. The van der Waals surface area contributed by atoms with Crippen LogP contribution in [0.5, 0.6) is 11.5 Å². The molecule has 0 saturated carbocycles. The smallest absolute Gasteiger partial charge is 0.387 e. The number of carbonyl (C=O) groups excluding carboxylic acids is 1. The third-order valence-corrected chi connectivity index (χ3v) is 3.68. The molecule has 0 unspecified atom stereocenters. The van der Waals surface area contributed by atoms with Gasteiger partial charge in [0.25, 0.3) is 5.91 Å². The van der Waals surface area contributed by atoms with Crippen LogP contribution in [0.1, 0.15) is 11.1 Å². The fourth-order valence-electron chi connectivity index (χ4n) is 2.04. The molecule has 6 nitrogen and oxygen atoms in total. The second-order valence-electron chi connectivity index (χ2n) is 5.16. The molecule has 2 aromatic carbocycles. The molecule has 2 rings (SSSR count). The summed E-state index contributed by atoms with van der Waals surface area (Å²) in [6.07, 6.45) is 1.32. The molecule has 2 aromatic rings. The number of nitrogens with one attached hydrogen (secondary N) is 1. The molecule has 0 heterocycles. The lowest BCUT2D eigenvalue weighted by atomic mass is 10.2. The summed E-state index contributed by atoms with van der Waals surface area (Å²) < 4.78 is 33.9. The van der Waals surface area contributed by atoms with Crippen LogP contribution in [0, 0.1) is 0 Å². The average Bonchev–Trinajstić information content (AvgIpc) is 2.65. The largest absolute Gasteiger partial charge is 0.493 e. The van der Waals surface area contributed by atoms with Gasteiger partial charge in [0.05, 0.1) is 13.3 Å². The minimum atomic E-state index is -2.95. The molecule has 0 aromatic heterocycles. The first kappa shape index (κ1) is 20.4. The number of hydrogen-bond acceptors (Lipinski definition) is 5. The number of rotatable bonds is 9. The van der Waals surface area contributed by atoms with E-state index < -0.39 is 6.61 Å². The van der Waals surface area contributed by atoms with Gasteiger partial charge in [0, 0.05) is 17.1 Å². The maximum Gasteiger partial charge on any atom is 0.387 e. The van der Waals surface area contributed by atoms with Crippen LogP contribution in [-0.4, -0.2) is 32.4 Å². The Balaban J connectivity index is 1.81. The van der Waals surface area contributed by atoms with Gasteiger partial charge in [-0.05, 0) is 29.8 Å².